The molecule has 1 aromatic heterocycles. The minimum atomic E-state index is -0.814. The molecule has 0 atom stereocenters. The fourth-order valence-electron chi connectivity index (χ4n) is 1.69. The largest absolute Gasteiger partial charge is 0.494 e. The SMILES string of the molecule is CCOC(=O)c1nn(-c2ccc(OC)c(F)c2)ccc1=O. The number of benzene rings is 1. The zero-order chi connectivity index (χ0) is 15.4. The first-order chi connectivity index (χ1) is 10.1. The van der Waals surface area contributed by atoms with Crippen molar-refractivity contribution in [2.45, 2.75) is 6.92 Å². The highest BCUT2D eigenvalue weighted by Crippen LogP contribution is 2.19. The third kappa shape index (κ3) is 3.07. The van der Waals surface area contributed by atoms with Crippen LogP contribution < -0.4 is 10.2 Å². The summed E-state index contributed by atoms with van der Waals surface area (Å²) in [5, 5.41) is 3.88. The Labute approximate surface area is 119 Å². The van der Waals surface area contributed by atoms with Crippen molar-refractivity contribution in [3.05, 3.63) is 52.2 Å². The van der Waals surface area contributed by atoms with Crippen molar-refractivity contribution in [2.75, 3.05) is 13.7 Å². The Morgan fingerprint density at radius 2 is 2.14 bits per heavy atom. The summed E-state index contributed by atoms with van der Waals surface area (Å²) < 4.78 is 24.5. The van der Waals surface area contributed by atoms with Gasteiger partial charge in [0.05, 0.1) is 19.4 Å². The predicted molar refractivity (Wildman–Crippen MR) is 72.3 cm³/mol. The van der Waals surface area contributed by atoms with Gasteiger partial charge >= 0.3 is 5.97 Å². The Kier molecular flexibility index (Phi) is 4.32. The van der Waals surface area contributed by atoms with Crippen molar-refractivity contribution in [2.24, 2.45) is 0 Å². The Morgan fingerprint density at radius 1 is 1.38 bits per heavy atom. The van der Waals surface area contributed by atoms with E-state index in [9.17, 15) is 14.0 Å². The second kappa shape index (κ2) is 6.17. The first-order valence-corrected chi connectivity index (χ1v) is 6.17. The van der Waals surface area contributed by atoms with Gasteiger partial charge in [-0.15, -0.1) is 0 Å². The van der Waals surface area contributed by atoms with E-state index in [1.54, 1.807) is 13.0 Å². The zero-order valence-electron chi connectivity index (χ0n) is 11.5. The topological polar surface area (TPSA) is 70.4 Å². The van der Waals surface area contributed by atoms with Gasteiger partial charge < -0.3 is 9.47 Å². The van der Waals surface area contributed by atoms with Crippen LogP contribution in [0.4, 0.5) is 4.39 Å². The van der Waals surface area contributed by atoms with E-state index >= 15 is 0 Å². The molecule has 0 saturated carbocycles. The number of esters is 1. The smallest absolute Gasteiger partial charge is 0.362 e. The number of methoxy groups -OCH3 is 1. The molecule has 6 nitrogen and oxygen atoms in total. The molecule has 0 spiro atoms. The van der Waals surface area contributed by atoms with Crippen LogP contribution in [0.15, 0.2) is 35.3 Å². The van der Waals surface area contributed by atoms with E-state index in [0.29, 0.717) is 5.69 Å². The summed E-state index contributed by atoms with van der Waals surface area (Å²) in [5.74, 6) is -1.30. The molecule has 0 saturated heterocycles. The van der Waals surface area contributed by atoms with Gasteiger partial charge in [0.2, 0.25) is 11.1 Å². The average Bonchev–Trinajstić information content (AvgIpc) is 2.48. The summed E-state index contributed by atoms with van der Waals surface area (Å²) in [4.78, 5) is 23.2. The van der Waals surface area contributed by atoms with Crippen LogP contribution in [0, 0.1) is 5.82 Å². The third-order valence-corrected chi connectivity index (χ3v) is 2.68. The molecule has 0 bridgehead atoms. The standard InChI is InChI=1S/C14H13FN2O4/c1-3-21-14(19)13-11(18)6-7-17(16-13)9-4-5-12(20-2)10(15)8-9/h4-8H,3H2,1-2H3. The molecule has 110 valence electrons. The highest BCUT2D eigenvalue weighted by Gasteiger charge is 2.14. The van der Waals surface area contributed by atoms with E-state index in [2.05, 4.69) is 5.10 Å². The molecule has 7 heteroatoms. The monoisotopic (exact) mass is 292 g/mol. The number of hydrogen-bond donors (Lipinski definition) is 0. The number of carbonyl (C=O) groups is 1. The Bertz CT molecular complexity index is 727. The maximum atomic E-state index is 13.7. The fourth-order valence-corrected chi connectivity index (χ4v) is 1.69. The van der Waals surface area contributed by atoms with E-state index in [0.717, 1.165) is 0 Å². The fraction of sp³-hybridized carbons (Fsp3) is 0.214. The molecule has 0 aliphatic heterocycles. The summed E-state index contributed by atoms with van der Waals surface area (Å²) >= 11 is 0. The molecule has 0 aliphatic carbocycles. The highest BCUT2D eigenvalue weighted by atomic mass is 19.1. The van der Waals surface area contributed by atoms with Crippen LogP contribution >= 0.6 is 0 Å². The lowest BCUT2D eigenvalue weighted by Crippen LogP contribution is -2.22. The molecule has 2 aromatic rings. The number of aromatic nitrogens is 2. The molecule has 0 aliphatic rings. The molecule has 21 heavy (non-hydrogen) atoms. The number of nitrogens with zero attached hydrogens (tertiary/aromatic N) is 2. The van der Waals surface area contributed by atoms with E-state index in [-0.39, 0.29) is 18.1 Å². The molecular weight excluding hydrogens is 279 g/mol. The van der Waals surface area contributed by atoms with Crippen molar-refractivity contribution in [3.63, 3.8) is 0 Å². The molecule has 0 N–H and O–H groups in total. The number of rotatable bonds is 4. The van der Waals surface area contributed by atoms with Crippen molar-refractivity contribution >= 4 is 5.97 Å². The summed E-state index contributed by atoms with van der Waals surface area (Å²) in [6, 6.07) is 5.33. The summed E-state index contributed by atoms with van der Waals surface area (Å²) in [6.45, 7) is 1.75. The minimum absolute atomic E-state index is 0.0883. The minimum Gasteiger partial charge on any atom is -0.494 e. The van der Waals surface area contributed by atoms with Gasteiger partial charge in [-0.3, -0.25) is 4.79 Å². The molecule has 0 amide bonds. The van der Waals surface area contributed by atoms with Gasteiger partial charge in [0.1, 0.15) is 0 Å². The van der Waals surface area contributed by atoms with Crippen LogP contribution in [-0.4, -0.2) is 29.5 Å². The van der Waals surface area contributed by atoms with Crippen LogP contribution in [0.5, 0.6) is 5.75 Å². The number of hydrogen-bond acceptors (Lipinski definition) is 5. The Morgan fingerprint density at radius 3 is 2.76 bits per heavy atom. The van der Waals surface area contributed by atoms with Crippen molar-refractivity contribution < 1.29 is 18.7 Å². The highest BCUT2D eigenvalue weighted by molar-refractivity contribution is 5.86. The average molecular weight is 292 g/mol. The van der Waals surface area contributed by atoms with E-state index in [1.807, 2.05) is 0 Å². The van der Waals surface area contributed by atoms with Gasteiger partial charge in [0, 0.05) is 18.3 Å². The molecule has 2 rings (SSSR count). The first-order valence-electron chi connectivity index (χ1n) is 6.17. The van der Waals surface area contributed by atoms with Crippen LogP contribution in [0.3, 0.4) is 0 Å². The van der Waals surface area contributed by atoms with E-state index in [1.165, 1.54) is 36.2 Å². The van der Waals surface area contributed by atoms with Crippen LogP contribution in [0.2, 0.25) is 0 Å². The van der Waals surface area contributed by atoms with Gasteiger partial charge in [0.25, 0.3) is 0 Å². The second-order valence-corrected chi connectivity index (χ2v) is 4.01. The van der Waals surface area contributed by atoms with Crippen molar-refractivity contribution in [1.29, 1.82) is 0 Å². The second-order valence-electron chi connectivity index (χ2n) is 4.01. The zero-order valence-corrected chi connectivity index (χ0v) is 11.5. The quantitative estimate of drug-likeness (QED) is 0.800. The van der Waals surface area contributed by atoms with Crippen LogP contribution in [0.25, 0.3) is 5.69 Å². The maximum Gasteiger partial charge on any atom is 0.362 e. The van der Waals surface area contributed by atoms with Gasteiger partial charge in [-0.25, -0.2) is 13.9 Å². The Hall–Kier alpha value is -2.70. The summed E-state index contributed by atoms with van der Waals surface area (Å²) in [6.07, 6.45) is 1.34. The molecule has 0 unspecified atom stereocenters. The van der Waals surface area contributed by atoms with Gasteiger partial charge in [0.15, 0.2) is 11.6 Å². The lowest BCUT2D eigenvalue weighted by Gasteiger charge is -2.08. The number of carbonyl (C=O) groups excluding carboxylic acids is 1. The van der Waals surface area contributed by atoms with Crippen LogP contribution in [-0.2, 0) is 4.74 Å². The van der Waals surface area contributed by atoms with Gasteiger partial charge in [-0.1, -0.05) is 0 Å². The molecule has 1 aromatic carbocycles. The van der Waals surface area contributed by atoms with Gasteiger partial charge in [-0.2, -0.15) is 5.10 Å². The lowest BCUT2D eigenvalue weighted by atomic mass is 10.3. The molecule has 1 heterocycles. The maximum absolute atomic E-state index is 13.7. The number of ether oxygens (including phenoxy) is 2. The van der Waals surface area contributed by atoms with E-state index in [4.69, 9.17) is 9.47 Å². The summed E-state index contributed by atoms with van der Waals surface area (Å²) in [7, 11) is 1.36. The third-order valence-electron chi connectivity index (χ3n) is 2.68. The van der Waals surface area contributed by atoms with E-state index < -0.39 is 17.2 Å². The molecular formula is C14H13FN2O4. The van der Waals surface area contributed by atoms with Crippen molar-refractivity contribution in [3.8, 4) is 11.4 Å². The molecule has 0 radical (unpaired) electrons. The summed E-state index contributed by atoms with van der Waals surface area (Å²) in [5.41, 5.74) is -0.562. The van der Waals surface area contributed by atoms with Gasteiger partial charge in [-0.05, 0) is 19.1 Å². The lowest BCUT2D eigenvalue weighted by molar-refractivity contribution is 0.0515. The normalized spacial score (nSPS) is 10.2. The van der Waals surface area contributed by atoms with Crippen molar-refractivity contribution in [1.82, 2.24) is 9.78 Å². The molecule has 0 fully saturated rings. The van der Waals surface area contributed by atoms with Crippen LogP contribution in [0.1, 0.15) is 17.4 Å². The predicted octanol–water partition coefficient (Wildman–Crippen LogP) is 1.56. The Balaban J connectivity index is 2.45. The number of halogens is 1. The first kappa shape index (κ1) is 14.7.